The summed E-state index contributed by atoms with van der Waals surface area (Å²) in [4.78, 5) is 0. The van der Waals surface area contributed by atoms with Crippen LogP contribution in [-0.4, -0.2) is 21.8 Å². The number of halogens is 7. The molecule has 3 N–H and O–H groups in total. The van der Waals surface area contributed by atoms with E-state index in [4.69, 9.17) is 10.8 Å². The summed E-state index contributed by atoms with van der Waals surface area (Å²) < 4.78 is 89.8. The summed E-state index contributed by atoms with van der Waals surface area (Å²) in [6.07, 6.45) is -9.83. The standard InChI is InChI=1S/C15H12F7N5/c1-7(8-4-9(14(17,18)19)6-10(16)5-8)25-12-3-2-11(23)27(26-12)13(24)15(20,21)22/h2-7,23-24H,1H3,(H,25,26). The monoisotopic (exact) mass is 395 g/mol. The van der Waals surface area contributed by atoms with Gasteiger partial charge in [0, 0.05) is 0 Å². The molecule has 12 heteroatoms. The molecule has 2 aromatic rings. The van der Waals surface area contributed by atoms with Gasteiger partial charge in [-0.25, -0.2) is 4.39 Å². The minimum atomic E-state index is -5.05. The Morgan fingerprint density at radius 1 is 1.11 bits per heavy atom. The van der Waals surface area contributed by atoms with Gasteiger partial charge in [0.25, 0.3) is 0 Å². The summed E-state index contributed by atoms with van der Waals surface area (Å²) in [5, 5.41) is 20.4. The molecule has 146 valence electrons. The van der Waals surface area contributed by atoms with Crippen LogP contribution in [0.2, 0.25) is 0 Å². The van der Waals surface area contributed by atoms with Crippen LogP contribution in [0.3, 0.4) is 0 Å². The molecule has 1 atom stereocenters. The van der Waals surface area contributed by atoms with Crippen molar-refractivity contribution in [3.8, 4) is 0 Å². The Hall–Kier alpha value is -2.92. The second-order valence-corrected chi connectivity index (χ2v) is 5.50. The Bertz CT molecular complexity index is 914. The predicted molar refractivity (Wildman–Crippen MR) is 80.7 cm³/mol. The molecule has 1 aromatic heterocycles. The Morgan fingerprint density at radius 2 is 1.74 bits per heavy atom. The molecule has 0 fully saturated rings. The molecule has 0 spiro atoms. The van der Waals surface area contributed by atoms with Crippen LogP contribution in [0.4, 0.5) is 36.6 Å². The summed E-state index contributed by atoms with van der Waals surface area (Å²) in [5.41, 5.74) is -2.05. The first-order chi connectivity index (χ1) is 12.3. The molecule has 0 saturated heterocycles. The molecule has 1 unspecified atom stereocenters. The highest BCUT2D eigenvalue weighted by molar-refractivity contribution is 5.85. The van der Waals surface area contributed by atoms with Crippen LogP contribution in [0, 0.1) is 16.6 Å². The van der Waals surface area contributed by atoms with Crippen molar-refractivity contribution in [2.24, 2.45) is 0 Å². The number of benzene rings is 1. The summed E-state index contributed by atoms with van der Waals surface area (Å²) >= 11 is 0. The maximum absolute atomic E-state index is 13.5. The SMILES string of the molecule is CC(Nc1ccc(=N)n(C(=N)C(F)(F)F)n1)c1cc(F)cc(C(F)(F)F)c1. The van der Waals surface area contributed by atoms with E-state index in [1.165, 1.54) is 6.92 Å². The molecule has 0 saturated carbocycles. The van der Waals surface area contributed by atoms with Crippen molar-refractivity contribution in [3.63, 3.8) is 0 Å². The van der Waals surface area contributed by atoms with Crippen LogP contribution in [0.5, 0.6) is 0 Å². The fourth-order valence-corrected chi connectivity index (χ4v) is 2.12. The van der Waals surface area contributed by atoms with E-state index < -0.39 is 41.1 Å². The molecule has 2 rings (SSSR count). The van der Waals surface area contributed by atoms with Gasteiger partial charge in [0.2, 0.25) is 5.84 Å². The van der Waals surface area contributed by atoms with E-state index in [1.807, 2.05) is 0 Å². The van der Waals surface area contributed by atoms with Crippen LogP contribution >= 0.6 is 0 Å². The second-order valence-electron chi connectivity index (χ2n) is 5.50. The molecule has 27 heavy (non-hydrogen) atoms. The first kappa shape index (κ1) is 20.4. The third-order valence-corrected chi connectivity index (χ3v) is 3.43. The van der Waals surface area contributed by atoms with E-state index in [0.717, 1.165) is 18.2 Å². The van der Waals surface area contributed by atoms with E-state index in [-0.39, 0.29) is 16.1 Å². The molecule has 0 aliphatic heterocycles. The lowest BCUT2D eigenvalue weighted by Crippen LogP contribution is -2.38. The molecular weight excluding hydrogens is 383 g/mol. The maximum Gasteiger partial charge on any atom is 0.451 e. The molecule has 0 aliphatic carbocycles. The fourth-order valence-electron chi connectivity index (χ4n) is 2.12. The van der Waals surface area contributed by atoms with Crippen LogP contribution < -0.4 is 10.8 Å². The molecule has 5 nitrogen and oxygen atoms in total. The Morgan fingerprint density at radius 3 is 2.30 bits per heavy atom. The third-order valence-electron chi connectivity index (χ3n) is 3.43. The van der Waals surface area contributed by atoms with Crippen molar-refractivity contribution in [1.29, 1.82) is 10.8 Å². The highest BCUT2D eigenvalue weighted by Gasteiger charge is 2.37. The lowest BCUT2D eigenvalue weighted by atomic mass is 10.0. The molecule has 0 amide bonds. The van der Waals surface area contributed by atoms with E-state index in [9.17, 15) is 30.7 Å². The van der Waals surface area contributed by atoms with Gasteiger partial charge < -0.3 is 5.32 Å². The summed E-state index contributed by atoms with van der Waals surface area (Å²) in [6.45, 7) is 1.35. The van der Waals surface area contributed by atoms with Crippen molar-refractivity contribution in [2.75, 3.05) is 5.32 Å². The average molecular weight is 395 g/mol. The van der Waals surface area contributed by atoms with Gasteiger partial charge in [-0.15, -0.1) is 5.10 Å². The van der Waals surface area contributed by atoms with E-state index in [2.05, 4.69) is 10.4 Å². The fraction of sp³-hybridized carbons (Fsp3) is 0.267. The largest absolute Gasteiger partial charge is 0.451 e. The number of aromatic nitrogens is 2. The zero-order valence-corrected chi connectivity index (χ0v) is 13.5. The third kappa shape index (κ3) is 4.83. The van der Waals surface area contributed by atoms with Crippen molar-refractivity contribution in [3.05, 3.63) is 52.8 Å². The normalized spacial score (nSPS) is 13.3. The van der Waals surface area contributed by atoms with Crippen LogP contribution in [0.25, 0.3) is 0 Å². The number of anilines is 1. The first-order valence-corrected chi connectivity index (χ1v) is 7.24. The Kier molecular flexibility index (Phi) is 5.29. The Labute approximate surface area is 147 Å². The van der Waals surface area contributed by atoms with Crippen molar-refractivity contribution in [1.82, 2.24) is 9.78 Å². The lowest BCUT2D eigenvalue weighted by molar-refractivity contribution is -0.137. The average Bonchev–Trinajstić information content (AvgIpc) is 2.53. The minimum Gasteiger partial charge on any atom is -0.362 e. The van der Waals surface area contributed by atoms with Gasteiger partial charge in [0.05, 0.1) is 11.6 Å². The van der Waals surface area contributed by atoms with Gasteiger partial charge in [-0.1, -0.05) is 0 Å². The van der Waals surface area contributed by atoms with Crippen molar-refractivity contribution >= 4 is 11.7 Å². The molecule has 0 radical (unpaired) electrons. The molecule has 0 aliphatic rings. The van der Waals surface area contributed by atoms with Gasteiger partial charge in [0.1, 0.15) is 17.1 Å². The number of hydrogen-bond donors (Lipinski definition) is 3. The quantitative estimate of drug-likeness (QED) is 0.416. The van der Waals surface area contributed by atoms with Gasteiger partial charge in [-0.2, -0.15) is 31.0 Å². The number of nitrogens with one attached hydrogen (secondary N) is 3. The molecule has 0 bridgehead atoms. The van der Waals surface area contributed by atoms with Gasteiger partial charge >= 0.3 is 12.4 Å². The smallest absolute Gasteiger partial charge is 0.362 e. The molecular formula is C15H12F7N5. The number of alkyl halides is 6. The van der Waals surface area contributed by atoms with E-state index in [1.54, 1.807) is 0 Å². The Balaban J connectivity index is 2.34. The van der Waals surface area contributed by atoms with Crippen LogP contribution in [0.15, 0.2) is 30.3 Å². The van der Waals surface area contributed by atoms with Gasteiger partial charge in [-0.3, -0.25) is 10.8 Å². The zero-order valence-electron chi connectivity index (χ0n) is 13.5. The van der Waals surface area contributed by atoms with E-state index >= 15 is 0 Å². The maximum atomic E-state index is 13.5. The number of hydrogen-bond acceptors (Lipinski definition) is 4. The first-order valence-electron chi connectivity index (χ1n) is 7.24. The topological polar surface area (TPSA) is 77.5 Å². The van der Waals surface area contributed by atoms with Crippen LogP contribution in [-0.2, 0) is 6.18 Å². The second kappa shape index (κ2) is 7.00. The number of nitrogens with zero attached hydrogens (tertiary/aromatic N) is 2. The van der Waals surface area contributed by atoms with Gasteiger partial charge in [-0.05, 0) is 42.8 Å². The summed E-state index contributed by atoms with van der Waals surface area (Å²) in [5.74, 6) is -3.28. The van der Waals surface area contributed by atoms with Crippen molar-refractivity contribution < 1.29 is 30.7 Å². The molecule has 1 heterocycles. The lowest BCUT2D eigenvalue weighted by Gasteiger charge is -2.18. The highest BCUT2D eigenvalue weighted by atomic mass is 19.4. The van der Waals surface area contributed by atoms with E-state index in [0.29, 0.717) is 12.1 Å². The minimum absolute atomic E-state index is 0.0156. The predicted octanol–water partition coefficient (Wildman–Crippen LogP) is 4.08. The van der Waals surface area contributed by atoms with Gasteiger partial charge in [0.15, 0.2) is 0 Å². The van der Waals surface area contributed by atoms with Crippen molar-refractivity contribution in [2.45, 2.75) is 25.3 Å². The summed E-state index contributed by atoms with van der Waals surface area (Å²) in [7, 11) is 0. The zero-order chi connectivity index (χ0) is 20.6. The van der Waals surface area contributed by atoms with Crippen LogP contribution in [0.1, 0.15) is 24.1 Å². The highest BCUT2D eigenvalue weighted by Crippen LogP contribution is 2.32. The summed E-state index contributed by atoms with van der Waals surface area (Å²) in [6, 6.07) is 2.95. The molecule has 1 aromatic carbocycles. The number of rotatable bonds is 3.